The third kappa shape index (κ3) is 4.85. The number of nitrogens with one attached hydrogen (secondary N) is 2. The molecule has 2 aromatic carbocycles. The first-order valence-electron chi connectivity index (χ1n) is 9.48. The van der Waals surface area contributed by atoms with Crippen LogP contribution in [-0.4, -0.2) is 30.8 Å². The van der Waals surface area contributed by atoms with Crippen molar-refractivity contribution in [2.45, 2.75) is 27.2 Å². The van der Waals surface area contributed by atoms with Gasteiger partial charge in [0, 0.05) is 22.4 Å². The van der Waals surface area contributed by atoms with Crippen LogP contribution in [0, 0.1) is 26.7 Å². The molecule has 2 N–H and O–H groups in total. The number of carbonyl (C=O) groups excluding carboxylic acids is 3. The van der Waals surface area contributed by atoms with Crippen molar-refractivity contribution < 1.29 is 14.4 Å². The predicted octanol–water partition coefficient (Wildman–Crippen LogP) is 3.48. The van der Waals surface area contributed by atoms with Crippen LogP contribution in [0.4, 0.5) is 11.4 Å². The van der Waals surface area contributed by atoms with Crippen molar-refractivity contribution >= 4 is 45.0 Å². The quantitative estimate of drug-likeness (QED) is 0.674. The van der Waals surface area contributed by atoms with E-state index in [9.17, 15) is 14.4 Å². The van der Waals surface area contributed by atoms with Crippen molar-refractivity contribution in [3.05, 3.63) is 57.6 Å². The van der Waals surface area contributed by atoms with Gasteiger partial charge in [0.1, 0.15) is 5.92 Å². The number of amides is 3. The Hall–Kier alpha value is -2.67. The second kappa shape index (κ2) is 8.78. The topological polar surface area (TPSA) is 78.5 Å². The lowest BCUT2D eigenvalue weighted by Gasteiger charge is -2.18. The number of anilines is 2. The van der Waals surface area contributed by atoms with Crippen molar-refractivity contribution in [2.75, 3.05) is 23.3 Å². The Balaban J connectivity index is 1.56. The second-order valence-electron chi connectivity index (χ2n) is 7.32. The lowest BCUT2D eigenvalue weighted by atomic mass is 10.1. The second-order valence-corrected chi connectivity index (χ2v) is 8.24. The Morgan fingerprint density at radius 1 is 1.07 bits per heavy atom. The van der Waals surface area contributed by atoms with Gasteiger partial charge in [-0.2, -0.15) is 0 Å². The summed E-state index contributed by atoms with van der Waals surface area (Å²) in [5, 5.41) is 5.36. The SMILES string of the molecule is Cc1ccc(N2CCC(C(=O)NCC(=O)Nc3ccc(Br)cc3C)C2=O)cc1C. The van der Waals surface area contributed by atoms with Crippen molar-refractivity contribution in [3.63, 3.8) is 0 Å². The Bertz CT molecular complexity index is 974. The largest absolute Gasteiger partial charge is 0.346 e. The van der Waals surface area contributed by atoms with Gasteiger partial charge in [-0.15, -0.1) is 0 Å². The van der Waals surface area contributed by atoms with Crippen molar-refractivity contribution in [1.82, 2.24) is 5.32 Å². The van der Waals surface area contributed by atoms with E-state index in [2.05, 4.69) is 26.6 Å². The van der Waals surface area contributed by atoms with E-state index in [0.717, 1.165) is 26.9 Å². The molecule has 0 bridgehead atoms. The molecule has 7 heteroatoms. The van der Waals surface area contributed by atoms with Crippen LogP contribution in [0.2, 0.25) is 0 Å². The molecule has 0 aromatic heterocycles. The molecule has 1 atom stereocenters. The Kier molecular flexibility index (Phi) is 6.37. The number of rotatable bonds is 5. The molecule has 2 aromatic rings. The van der Waals surface area contributed by atoms with Gasteiger partial charge in [0.15, 0.2) is 0 Å². The highest BCUT2D eigenvalue weighted by Gasteiger charge is 2.37. The molecule has 3 amide bonds. The molecule has 1 unspecified atom stereocenters. The van der Waals surface area contributed by atoms with Crippen molar-refractivity contribution in [3.8, 4) is 0 Å². The Morgan fingerprint density at radius 3 is 2.52 bits per heavy atom. The minimum Gasteiger partial charge on any atom is -0.346 e. The lowest BCUT2D eigenvalue weighted by molar-refractivity contribution is -0.133. The zero-order chi connectivity index (χ0) is 21.1. The highest BCUT2D eigenvalue weighted by molar-refractivity contribution is 9.10. The van der Waals surface area contributed by atoms with Crippen molar-refractivity contribution in [2.24, 2.45) is 5.92 Å². The van der Waals surface area contributed by atoms with Gasteiger partial charge in [-0.1, -0.05) is 22.0 Å². The standard InChI is InChI=1S/C22H24BrN3O3/c1-13-4-6-17(11-14(13)2)26-9-8-18(22(26)29)21(28)24-12-20(27)25-19-7-5-16(23)10-15(19)3/h4-7,10-11,18H,8-9,12H2,1-3H3,(H,24,28)(H,25,27). The molecular weight excluding hydrogens is 434 g/mol. The van der Waals surface area contributed by atoms with E-state index in [1.807, 2.05) is 51.1 Å². The van der Waals surface area contributed by atoms with Crippen LogP contribution in [0.3, 0.4) is 0 Å². The van der Waals surface area contributed by atoms with Crippen LogP contribution in [-0.2, 0) is 14.4 Å². The number of halogens is 1. The minimum atomic E-state index is -0.765. The number of carbonyl (C=O) groups is 3. The number of benzene rings is 2. The van der Waals surface area contributed by atoms with Gasteiger partial charge in [-0.25, -0.2) is 0 Å². The van der Waals surface area contributed by atoms with Gasteiger partial charge in [0.2, 0.25) is 17.7 Å². The van der Waals surface area contributed by atoms with E-state index in [0.29, 0.717) is 18.7 Å². The van der Waals surface area contributed by atoms with E-state index in [1.165, 1.54) is 0 Å². The van der Waals surface area contributed by atoms with Crippen molar-refractivity contribution in [1.29, 1.82) is 0 Å². The number of nitrogens with zero attached hydrogens (tertiary/aromatic N) is 1. The molecule has 1 saturated heterocycles. The molecular formula is C22H24BrN3O3. The maximum absolute atomic E-state index is 12.7. The molecule has 0 spiro atoms. The molecule has 1 heterocycles. The zero-order valence-electron chi connectivity index (χ0n) is 16.7. The fraction of sp³-hybridized carbons (Fsp3) is 0.318. The third-order valence-corrected chi connectivity index (χ3v) is 5.70. The fourth-order valence-electron chi connectivity index (χ4n) is 3.33. The Labute approximate surface area is 178 Å². The van der Waals surface area contributed by atoms with Gasteiger partial charge in [0.25, 0.3) is 0 Å². The van der Waals surface area contributed by atoms with Gasteiger partial charge < -0.3 is 15.5 Å². The summed E-state index contributed by atoms with van der Waals surface area (Å²) in [4.78, 5) is 39.0. The van der Waals surface area contributed by atoms with Gasteiger partial charge in [0.05, 0.1) is 6.54 Å². The lowest BCUT2D eigenvalue weighted by Crippen LogP contribution is -2.40. The smallest absolute Gasteiger partial charge is 0.243 e. The van der Waals surface area contributed by atoms with E-state index < -0.39 is 11.8 Å². The summed E-state index contributed by atoms with van der Waals surface area (Å²) in [5.74, 6) is -1.74. The van der Waals surface area contributed by atoms with E-state index in [4.69, 9.17) is 0 Å². The van der Waals surface area contributed by atoms with Gasteiger partial charge in [-0.3, -0.25) is 14.4 Å². The van der Waals surface area contributed by atoms with E-state index in [-0.39, 0.29) is 18.4 Å². The van der Waals surface area contributed by atoms with E-state index in [1.54, 1.807) is 11.0 Å². The first-order valence-corrected chi connectivity index (χ1v) is 10.3. The maximum Gasteiger partial charge on any atom is 0.243 e. The van der Waals surface area contributed by atoms with Gasteiger partial charge >= 0.3 is 0 Å². The zero-order valence-corrected chi connectivity index (χ0v) is 18.3. The maximum atomic E-state index is 12.7. The van der Waals surface area contributed by atoms with Crippen LogP contribution in [0.1, 0.15) is 23.1 Å². The third-order valence-electron chi connectivity index (χ3n) is 5.21. The van der Waals surface area contributed by atoms with Crippen LogP contribution < -0.4 is 15.5 Å². The number of aryl methyl sites for hydroxylation is 3. The molecule has 6 nitrogen and oxygen atoms in total. The highest BCUT2D eigenvalue weighted by Crippen LogP contribution is 2.27. The van der Waals surface area contributed by atoms with Gasteiger partial charge in [-0.05, 0) is 74.2 Å². The summed E-state index contributed by atoms with van der Waals surface area (Å²) in [7, 11) is 0. The van der Waals surface area contributed by atoms with Crippen LogP contribution >= 0.6 is 15.9 Å². The minimum absolute atomic E-state index is 0.179. The van der Waals surface area contributed by atoms with Crippen LogP contribution in [0.15, 0.2) is 40.9 Å². The fourth-order valence-corrected chi connectivity index (χ4v) is 3.80. The normalized spacial score (nSPS) is 16.1. The monoisotopic (exact) mass is 457 g/mol. The molecule has 29 heavy (non-hydrogen) atoms. The average Bonchev–Trinajstić information content (AvgIpc) is 3.06. The summed E-state index contributed by atoms with van der Waals surface area (Å²) in [6.07, 6.45) is 0.436. The Morgan fingerprint density at radius 2 is 1.83 bits per heavy atom. The molecule has 1 aliphatic rings. The van der Waals surface area contributed by atoms with E-state index >= 15 is 0 Å². The number of hydrogen-bond donors (Lipinski definition) is 2. The number of hydrogen-bond acceptors (Lipinski definition) is 3. The van der Waals surface area contributed by atoms with Crippen LogP contribution in [0.25, 0.3) is 0 Å². The first-order chi connectivity index (χ1) is 13.8. The molecule has 1 aliphatic heterocycles. The van der Waals surface area contributed by atoms with Crippen LogP contribution in [0.5, 0.6) is 0 Å². The summed E-state index contributed by atoms with van der Waals surface area (Å²) in [6.45, 7) is 6.21. The summed E-state index contributed by atoms with van der Waals surface area (Å²) < 4.78 is 0.925. The first kappa shape index (κ1) is 21.0. The molecule has 0 saturated carbocycles. The molecule has 0 radical (unpaired) electrons. The average molecular weight is 458 g/mol. The predicted molar refractivity (Wildman–Crippen MR) is 117 cm³/mol. The summed E-state index contributed by atoms with van der Waals surface area (Å²) in [5.41, 5.74) is 4.65. The molecule has 152 valence electrons. The molecule has 1 fully saturated rings. The summed E-state index contributed by atoms with van der Waals surface area (Å²) in [6, 6.07) is 11.4. The highest BCUT2D eigenvalue weighted by atomic mass is 79.9. The molecule has 0 aliphatic carbocycles. The molecule has 3 rings (SSSR count). The summed E-state index contributed by atoms with van der Waals surface area (Å²) >= 11 is 3.38.